The number of ether oxygens (including phenoxy) is 3. The monoisotopic (exact) mass is 449 g/mol. The van der Waals surface area contributed by atoms with E-state index in [-0.39, 0.29) is 23.3 Å². The van der Waals surface area contributed by atoms with Crippen molar-refractivity contribution in [1.82, 2.24) is 5.32 Å². The van der Waals surface area contributed by atoms with Crippen molar-refractivity contribution in [3.8, 4) is 28.4 Å². The van der Waals surface area contributed by atoms with E-state index >= 15 is 0 Å². The summed E-state index contributed by atoms with van der Waals surface area (Å²) in [5.41, 5.74) is 3.24. The first-order valence-corrected chi connectivity index (χ1v) is 11.1. The maximum absolute atomic E-state index is 12.8. The van der Waals surface area contributed by atoms with Gasteiger partial charge in [-0.1, -0.05) is 6.07 Å². The Bertz CT molecular complexity index is 1030. The molecule has 2 aromatic carbocycles. The molecule has 0 fully saturated rings. The first kappa shape index (κ1) is 22.3. The number of hydrogen-bond donors (Lipinski definition) is 1. The van der Waals surface area contributed by atoms with E-state index in [1.807, 2.05) is 18.4 Å². The molecule has 1 amide bonds. The molecule has 0 aromatic heterocycles. The summed E-state index contributed by atoms with van der Waals surface area (Å²) in [6.45, 7) is 0. The molecule has 8 heteroatoms. The lowest BCUT2D eigenvalue weighted by Crippen LogP contribution is -2.29. The number of rotatable bonds is 6. The van der Waals surface area contributed by atoms with Crippen molar-refractivity contribution in [1.29, 1.82) is 0 Å². The molecule has 0 saturated carbocycles. The van der Waals surface area contributed by atoms with Crippen molar-refractivity contribution >= 4 is 29.3 Å². The van der Waals surface area contributed by atoms with Crippen molar-refractivity contribution in [3.63, 3.8) is 0 Å². The number of carbonyl (C=O) groups is 1. The molecule has 0 heterocycles. The highest BCUT2D eigenvalue weighted by atomic mass is 35.5. The minimum Gasteiger partial charge on any atom is -0.493 e. The van der Waals surface area contributed by atoms with Crippen molar-refractivity contribution < 1.29 is 19.0 Å². The van der Waals surface area contributed by atoms with Gasteiger partial charge in [-0.05, 0) is 54.0 Å². The van der Waals surface area contributed by atoms with Gasteiger partial charge in [-0.15, -0.1) is 23.4 Å². The molecule has 0 aliphatic heterocycles. The van der Waals surface area contributed by atoms with Crippen LogP contribution in [0, 0.1) is 0 Å². The number of fused-ring (bicyclic) bond motifs is 3. The number of aryl methyl sites for hydroxylation is 1. The van der Waals surface area contributed by atoms with Crippen LogP contribution in [0.2, 0.25) is 0 Å². The Kier molecular flexibility index (Phi) is 7.15. The van der Waals surface area contributed by atoms with E-state index in [9.17, 15) is 9.59 Å². The molecule has 0 spiro atoms. The van der Waals surface area contributed by atoms with E-state index in [1.54, 1.807) is 33.5 Å². The number of benzene rings is 1. The van der Waals surface area contributed by atoms with Gasteiger partial charge in [0.05, 0.1) is 32.3 Å². The Morgan fingerprint density at radius 3 is 2.50 bits per heavy atom. The molecule has 0 saturated heterocycles. The van der Waals surface area contributed by atoms with Crippen LogP contribution in [-0.4, -0.2) is 39.4 Å². The third-order valence-corrected chi connectivity index (χ3v) is 6.20. The molecule has 1 atom stereocenters. The number of halogens is 1. The zero-order valence-corrected chi connectivity index (χ0v) is 18.9. The number of thioether (sulfide) groups is 1. The van der Waals surface area contributed by atoms with Gasteiger partial charge in [0.1, 0.15) is 5.88 Å². The second-order valence-electron chi connectivity index (χ2n) is 6.75. The van der Waals surface area contributed by atoms with Crippen LogP contribution in [0.15, 0.2) is 34.0 Å². The zero-order valence-electron chi connectivity index (χ0n) is 17.3. The normalized spacial score (nSPS) is 14.8. The lowest BCUT2D eigenvalue weighted by molar-refractivity contribution is -0.119. The summed E-state index contributed by atoms with van der Waals surface area (Å²) in [4.78, 5) is 25.5. The van der Waals surface area contributed by atoms with Crippen LogP contribution in [0.5, 0.6) is 17.2 Å². The molecule has 3 rings (SSSR count). The molecule has 0 unspecified atom stereocenters. The van der Waals surface area contributed by atoms with E-state index in [2.05, 4.69) is 5.32 Å². The molecular formula is C22H24ClNO5S. The van der Waals surface area contributed by atoms with Crippen LogP contribution in [0.3, 0.4) is 0 Å². The summed E-state index contributed by atoms with van der Waals surface area (Å²) in [5.74, 6) is 1.13. The lowest BCUT2D eigenvalue weighted by Gasteiger charge is -2.19. The quantitative estimate of drug-likeness (QED) is 0.534. The van der Waals surface area contributed by atoms with Crippen molar-refractivity contribution in [2.75, 3.05) is 33.5 Å². The third-order valence-electron chi connectivity index (χ3n) is 5.18. The van der Waals surface area contributed by atoms with E-state index in [0.717, 1.165) is 22.3 Å². The second kappa shape index (κ2) is 9.62. The zero-order chi connectivity index (χ0) is 21.8. The van der Waals surface area contributed by atoms with Gasteiger partial charge in [-0.3, -0.25) is 9.59 Å². The molecule has 0 radical (unpaired) electrons. The van der Waals surface area contributed by atoms with Gasteiger partial charge in [0, 0.05) is 5.56 Å². The molecule has 2 aromatic rings. The molecule has 6 nitrogen and oxygen atoms in total. The largest absolute Gasteiger partial charge is 0.493 e. The number of carbonyl (C=O) groups excluding carboxylic acids is 1. The summed E-state index contributed by atoms with van der Waals surface area (Å²) >= 11 is 7.11. The van der Waals surface area contributed by atoms with E-state index in [4.69, 9.17) is 25.8 Å². The lowest BCUT2D eigenvalue weighted by atomic mass is 9.95. The summed E-state index contributed by atoms with van der Waals surface area (Å²) in [6, 6.07) is 6.87. The number of amides is 1. The summed E-state index contributed by atoms with van der Waals surface area (Å²) < 4.78 is 16.8. The second-order valence-corrected chi connectivity index (χ2v) is 7.87. The van der Waals surface area contributed by atoms with Gasteiger partial charge < -0.3 is 19.5 Å². The van der Waals surface area contributed by atoms with Crippen molar-refractivity contribution in [2.45, 2.75) is 23.8 Å². The number of hydrogen-bond acceptors (Lipinski definition) is 6. The van der Waals surface area contributed by atoms with Gasteiger partial charge in [-0.25, -0.2) is 0 Å². The predicted molar refractivity (Wildman–Crippen MR) is 120 cm³/mol. The van der Waals surface area contributed by atoms with Crippen LogP contribution >= 0.6 is 23.4 Å². The topological polar surface area (TPSA) is 73.9 Å². The smallest absolute Gasteiger partial charge is 0.235 e. The number of alkyl halides is 1. The average molecular weight is 450 g/mol. The summed E-state index contributed by atoms with van der Waals surface area (Å²) in [6.07, 6.45) is 3.09. The Morgan fingerprint density at radius 2 is 1.90 bits per heavy atom. The molecule has 0 bridgehead atoms. The van der Waals surface area contributed by atoms with Gasteiger partial charge in [0.25, 0.3) is 0 Å². The molecule has 1 aliphatic carbocycles. The standard InChI is InChI=1S/C22H24ClNO5S/c1-27-17-9-12-5-7-15(24-19(26)11-23)14-10-16(25)18(30-4)8-6-13(14)20(12)22(29-3)21(17)28-2/h6,8-10,15H,5,7,11H2,1-4H3,(H,24,26)/t15-/m0/s1. The van der Waals surface area contributed by atoms with Crippen molar-refractivity contribution in [3.05, 3.63) is 45.6 Å². The Morgan fingerprint density at radius 1 is 1.17 bits per heavy atom. The Labute approximate surface area is 184 Å². The van der Waals surface area contributed by atoms with Crippen molar-refractivity contribution in [2.24, 2.45) is 0 Å². The fraction of sp³-hybridized carbons (Fsp3) is 0.364. The highest BCUT2D eigenvalue weighted by Gasteiger charge is 2.29. The Hall–Kier alpha value is -2.38. The first-order valence-electron chi connectivity index (χ1n) is 9.38. The van der Waals surface area contributed by atoms with Gasteiger partial charge >= 0.3 is 0 Å². The molecule has 30 heavy (non-hydrogen) atoms. The maximum Gasteiger partial charge on any atom is 0.235 e. The first-order chi connectivity index (χ1) is 14.5. The minimum atomic E-state index is -0.366. The van der Waals surface area contributed by atoms with Gasteiger partial charge in [0.2, 0.25) is 11.7 Å². The molecule has 160 valence electrons. The van der Waals surface area contributed by atoms with E-state index in [0.29, 0.717) is 35.0 Å². The SMILES string of the molecule is COc1cc2c(c(OC)c1OC)-c1ccc(SC)c(=O)cc1[C@@H](NC(=O)CCl)CC2. The Balaban J connectivity index is 2.38. The van der Waals surface area contributed by atoms with Gasteiger partial charge in [0.15, 0.2) is 16.9 Å². The fourth-order valence-corrected chi connectivity index (χ4v) is 4.39. The van der Waals surface area contributed by atoms with Crippen LogP contribution in [0.25, 0.3) is 11.1 Å². The molecule has 1 aliphatic rings. The maximum atomic E-state index is 12.8. The van der Waals surface area contributed by atoms with Crippen LogP contribution in [0.4, 0.5) is 0 Å². The molecular weight excluding hydrogens is 426 g/mol. The summed E-state index contributed by atoms with van der Waals surface area (Å²) in [7, 11) is 4.71. The van der Waals surface area contributed by atoms with E-state index in [1.165, 1.54) is 11.8 Å². The summed E-state index contributed by atoms with van der Waals surface area (Å²) in [5, 5.41) is 2.95. The predicted octanol–water partition coefficient (Wildman–Crippen LogP) is 3.80. The minimum absolute atomic E-state index is 0.100. The van der Waals surface area contributed by atoms with Crippen LogP contribution in [0.1, 0.15) is 23.6 Å². The third kappa shape index (κ3) is 4.09. The van der Waals surface area contributed by atoms with Crippen LogP contribution < -0.4 is 25.0 Å². The highest BCUT2D eigenvalue weighted by molar-refractivity contribution is 7.98. The number of nitrogens with one attached hydrogen (secondary N) is 1. The molecule has 1 N–H and O–H groups in total. The highest BCUT2D eigenvalue weighted by Crippen LogP contribution is 2.50. The van der Waals surface area contributed by atoms with Crippen LogP contribution in [-0.2, 0) is 11.2 Å². The number of methoxy groups -OCH3 is 3. The van der Waals surface area contributed by atoms with E-state index < -0.39 is 0 Å². The fourth-order valence-electron chi connectivity index (χ4n) is 3.85. The average Bonchev–Trinajstić information content (AvgIpc) is 3.00. The van der Waals surface area contributed by atoms with Gasteiger partial charge in [-0.2, -0.15) is 0 Å².